The molecule has 29 heavy (non-hydrogen) atoms. The minimum atomic E-state index is -0.0536. The number of unbranched alkanes of at least 4 members (excludes halogenated alkanes) is 15. The SMILES string of the molecule is CCCCCCCC/C=C/CCCCCCCCCCCC(=O)OCCCOC. The molecule has 0 amide bonds. The van der Waals surface area contributed by atoms with Gasteiger partial charge in [0.1, 0.15) is 0 Å². The van der Waals surface area contributed by atoms with E-state index < -0.39 is 0 Å². The maximum atomic E-state index is 11.5. The van der Waals surface area contributed by atoms with Crippen molar-refractivity contribution in [3.8, 4) is 0 Å². The molecule has 172 valence electrons. The zero-order chi connectivity index (χ0) is 21.3. The van der Waals surface area contributed by atoms with Gasteiger partial charge in [-0.15, -0.1) is 0 Å². The molecule has 0 aliphatic rings. The van der Waals surface area contributed by atoms with Crippen molar-refractivity contribution in [2.45, 2.75) is 129 Å². The van der Waals surface area contributed by atoms with Crippen LogP contribution in [0.4, 0.5) is 0 Å². The minimum Gasteiger partial charge on any atom is -0.466 e. The van der Waals surface area contributed by atoms with Crippen molar-refractivity contribution in [2.24, 2.45) is 0 Å². The summed E-state index contributed by atoms with van der Waals surface area (Å²) in [7, 11) is 1.66. The van der Waals surface area contributed by atoms with Gasteiger partial charge in [0.2, 0.25) is 0 Å². The Kier molecular flexibility index (Phi) is 24.5. The van der Waals surface area contributed by atoms with E-state index in [9.17, 15) is 4.79 Å². The number of carbonyl (C=O) groups is 1. The first kappa shape index (κ1) is 28.2. The van der Waals surface area contributed by atoms with E-state index in [1.807, 2.05) is 0 Å². The van der Waals surface area contributed by atoms with Crippen LogP contribution >= 0.6 is 0 Å². The Bertz CT molecular complexity index is 352. The van der Waals surface area contributed by atoms with E-state index in [1.54, 1.807) is 7.11 Å². The second kappa shape index (κ2) is 25.2. The van der Waals surface area contributed by atoms with E-state index in [2.05, 4.69) is 19.1 Å². The Hall–Kier alpha value is -0.830. The summed E-state index contributed by atoms with van der Waals surface area (Å²) in [5, 5.41) is 0. The average Bonchev–Trinajstić information content (AvgIpc) is 2.73. The summed E-state index contributed by atoms with van der Waals surface area (Å²) in [6.07, 6.45) is 28.5. The molecule has 0 heterocycles. The maximum Gasteiger partial charge on any atom is 0.305 e. The summed E-state index contributed by atoms with van der Waals surface area (Å²) in [5.74, 6) is -0.0536. The molecule has 0 fully saturated rings. The number of hydrogen-bond acceptors (Lipinski definition) is 3. The Morgan fingerprint density at radius 1 is 0.621 bits per heavy atom. The Morgan fingerprint density at radius 3 is 1.62 bits per heavy atom. The standard InChI is InChI=1S/C26H50O3/c1-3-4-5-6-7-8-9-10-11-12-13-14-15-16-17-18-19-20-21-23-26(27)29-25-22-24-28-2/h10-11H,3-9,12-25H2,1-2H3/b11-10+. The molecule has 0 aromatic carbocycles. The third-order valence-electron chi connectivity index (χ3n) is 5.40. The van der Waals surface area contributed by atoms with Crippen molar-refractivity contribution < 1.29 is 14.3 Å². The number of esters is 1. The second-order valence-corrected chi connectivity index (χ2v) is 8.32. The van der Waals surface area contributed by atoms with E-state index in [0.717, 1.165) is 19.3 Å². The smallest absolute Gasteiger partial charge is 0.305 e. The first-order valence-corrected chi connectivity index (χ1v) is 12.6. The number of rotatable bonds is 23. The van der Waals surface area contributed by atoms with Gasteiger partial charge in [0.05, 0.1) is 6.61 Å². The molecule has 0 radical (unpaired) electrons. The Morgan fingerprint density at radius 2 is 1.10 bits per heavy atom. The molecule has 0 aliphatic heterocycles. The molecule has 0 spiro atoms. The van der Waals surface area contributed by atoms with Crippen LogP contribution in [-0.4, -0.2) is 26.3 Å². The van der Waals surface area contributed by atoms with Crippen LogP contribution in [0.1, 0.15) is 129 Å². The number of ether oxygens (including phenoxy) is 2. The van der Waals surface area contributed by atoms with Crippen LogP contribution in [0.2, 0.25) is 0 Å². The maximum absolute atomic E-state index is 11.5. The molecule has 0 aromatic rings. The van der Waals surface area contributed by atoms with Gasteiger partial charge in [-0.2, -0.15) is 0 Å². The van der Waals surface area contributed by atoms with E-state index in [4.69, 9.17) is 9.47 Å². The van der Waals surface area contributed by atoms with Gasteiger partial charge in [-0.25, -0.2) is 0 Å². The molecular formula is C26H50O3. The van der Waals surface area contributed by atoms with Gasteiger partial charge in [0.25, 0.3) is 0 Å². The first-order valence-electron chi connectivity index (χ1n) is 12.6. The number of hydrogen-bond donors (Lipinski definition) is 0. The summed E-state index contributed by atoms with van der Waals surface area (Å²) < 4.78 is 10.1. The van der Waals surface area contributed by atoms with Gasteiger partial charge in [0.15, 0.2) is 0 Å². The van der Waals surface area contributed by atoms with Gasteiger partial charge in [-0.1, -0.05) is 96.1 Å². The Labute approximate surface area is 182 Å². The molecule has 0 aromatic heterocycles. The van der Waals surface area contributed by atoms with Crippen molar-refractivity contribution in [3.05, 3.63) is 12.2 Å². The highest BCUT2D eigenvalue weighted by Crippen LogP contribution is 2.12. The number of allylic oxidation sites excluding steroid dienone is 2. The summed E-state index contributed by atoms with van der Waals surface area (Å²) in [5.41, 5.74) is 0. The molecule has 0 rings (SSSR count). The molecule has 0 saturated carbocycles. The molecular weight excluding hydrogens is 360 g/mol. The number of methoxy groups -OCH3 is 1. The summed E-state index contributed by atoms with van der Waals surface area (Å²) in [6.45, 7) is 3.42. The third kappa shape index (κ3) is 25.1. The van der Waals surface area contributed by atoms with Crippen molar-refractivity contribution in [2.75, 3.05) is 20.3 Å². The van der Waals surface area contributed by atoms with Gasteiger partial charge < -0.3 is 9.47 Å². The van der Waals surface area contributed by atoms with Gasteiger partial charge >= 0.3 is 5.97 Å². The normalized spacial score (nSPS) is 11.4. The lowest BCUT2D eigenvalue weighted by Crippen LogP contribution is -2.07. The molecule has 0 saturated heterocycles. The minimum absolute atomic E-state index is 0.0536. The molecule has 0 unspecified atom stereocenters. The van der Waals surface area contributed by atoms with Crippen molar-refractivity contribution in [1.82, 2.24) is 0 Å². The molecule has 0 N–H and O–H groups in total. The second-order valence-electron chi connectivity index (χ2n) is 8.32. The summed E-state index contributed by atoms with van der Waals surface area (Å²) >= 11 is 0. The molecule has 0 bridgehead atoms. The zero-order valence-corrected chi connectivity index (χ0v) is 19.7. The van der Waals surface area contributed by atoms with Crippen LogP contribution in [-0.2, 0) is 14.3 Å². The highest BCUT2D eigenvalue weighted by molar-refractivity contribution is 5.69. The predicted molar refractivity (Wildman–Crippen MR) is 125 cm³/mol. The van der Waals surface area contributed by atoms with E-state index in [1.165, 1.54) is 96.3 Å². The fourth-order valence-corrected chi connectivity index (χ4v) is 3.51. The van der Waals surface area contributed by atoms with Crippen molar-refractivity contribution in [3.63, 3.8) is 0 Å². The van der Waals surface area contributed by atoms with E-state index in [0.29, 0.717) is 19.6 Å². The van der Waals surface area contributed by atoms with Crippen LogP contribution in [0.3, 0.4) is 0 Å². The number of carbonyl (C=O) groups excluding carboxylic acids is 1. The van der Waals surface area contributed by atoms with Crippen molar-refractivity contribution >= 4 is 5.97 Å². The zero-order valence-electron chi connectivity index (χ0n) is 19.7. The van der Waals surface area contributed by atoms with Crippen molar-refractivity contribution in [1.29, 1.82) is 0 Å². The molecule has 0 aliphatic carbocycles. The van der Waals surface area contributed by atoms with Gasteiger partial charge in [-0.3, -0.25) is 4.79 Å². The van der Waals surface area contributed by atoms with Crippen LogP contribution in [0.15, 0.2) is 12.2 Å². The lowest BCUT2D eigenvalue weighted by atomic mass is 10.1. The molecule has 3 heteroatoms. The average molecular weight is 411 g/mol. The Balaban J connectivity index is 3.14. The quantitative estimate of drug-likeness (QED) is 0.0968. The lowest BCUT2D eigenvalue weighted by molar-refractivity contribution is -0.144. The monoisotopic (exact) mass is 410 g/mol. The summed E-state index contributed by atoms with van der Waals surface area (Å²) in [4.78, 5) is 11.5. The summed E-state index contributed by atoms with van der Waals surface area (Å²) in [6, 6.07) is 0. The van der Waals surface area contributed by atoms with E-state index >= 15 is 0 Å². The van der Waals surface area contributed by atoms with Gasteiger partial charge in [-0.05, 0) is 32.1 Å². The van der Waals surface area contributed by atoms with Crippen LogP contribution in [0.5, 0.6) is 0 Å². The highest BCUT2D eigenvalue weighted by atomic mass is 16.5. The highest BCUT2D eigenvalue weighted by Gasteiger charge is 2.02. The molecule has 0 atom stereocenters. The fraction of sp³-hybridized carbons (Fsp3) is 0.885. The molecule has 3 nitrogen and oxygen atoms in total. The fourth-order valence-electron chi connectivity index (χ4n) is 3.51. The van der Waals surface area contributed by atoms with Gasteiger partial charge in [0, 0.05) is 26.6 Å². The van der Waals surface area contributed by atoms with Crippen LogP contribution in [0, 0.1) is 0 Å². The third-order valence-corrected chi connectivity index (χ3v) is 5.40. The lowest BCUT2D eigenvalue weighted by Gasteiger charge is -2.04. The van der Waals surface area contributed by atoms with E-state index in [-0.39, 0.29) is 5.97 Å². The largest absolute Gasteiger partial charge is 0.466 e. The van der Waals surface area contributed by atoms with Crippen LogP contribution in [0.25, 0.3) is 0 Å². The predicted octanol–water partition coefficient (Wildman–Crippen LogP) is 8.16. The van der Waals surface area contributed by atoms with Crippen LogP contribution < -0.4 is 0 Å². The topological polar surface area (TPSA) is 35.5 Å². The first-order chi connectivity index (χ1) is 14.3.